The van der Waals surface area contributed by atoms with Crippen molar-refractivity contribution in [2.24, 2.45) is 5.73 Å². The van der Waals surface area contributed by atoms with Gasteiger partial charge in [0, 0.05) is 24.7 Å². The second-order valence-corrected chi connectivity index (χ2v) is 7.50. The van der Waals surface area contributed by atoms with E-state index in [0.717, 1.165) is 13.2 Å². The molecular formula is C11H22N2O3S. The van der Waals surface area contributed by atoms with Crippen molar-refractivity contribution in [2.75, 3.05) is 37.8 Å². The Kier molecular flexibility index (Phi) is 3.77. The van der Waals surface area contributed by atoms with E-state index >= 15 is 0 Å². The van der Waals surface area contributed by atoms with Crippen LogP contribution in [0.5, 0.6) is 0 Å². The van der Waals surface area contributed by atoms with E-state index in [0.29, 0.717) is 32.0 Å². The first kappa shape index (κ1) is 13.3. The third-order valence-electron chi connectivity index (χ3n) is 4.11. The summed E-state index contributed by atoms with van der Waals surface area (Å²) in [7, 11) is -2.83. The Balaban J connectivity index is 2.14. The highest BCUT2D eigenvalue weighted by molar-refractivity contribution is 7.91. The molecule has 0 aliphatic carbocycles. The summed E-state index contributed by atoms with van der Waals surface area (Å²) in [6.45, 7) is 4.96. The Morgan fingerprint density at radius 2 is 2.06 bits per heavy atom. The smallest absolute Gasteiger partial charge is 0.150 e. The molecule has 0 radical (unpaired) electrons. The van der Waals surface area contributed by atoms with E-state index in [1.807, 2.05) is 0 Å². The first-order valence-electron chi connectivity index (χ1n) is 6.24. The molecule has 1 unspecified atom stereocenters. The predicted octanol–water partition coefficient (Wildman–Crippen LogP) is -0.387. The van der Waals surface area contributed by atoms with Crippen LogP contribution in [0.25, 0.3) is 0 Å². The van der Waals surface area contributed by atoms with Crippen LogP contribution in [-0.4, -0.2) is 62.7 Å². The van der Waals surface area contributed by atoms with Crippen molar-refractivity contribution in [3.05, 3.63) is 0 Å². The first-order chi connectivity index (χ1) is 7.99. The largest absolute Gasteiger partial charge is 0.379 e. The number of morpholine rings is 1. The average molecular weight is 262 g/mol. The Labute approximate surface area is 103 Å². The molecule has 2 heterocycles. The minimum atomic E-state index is -2.83. The van der Waals surface area contributed by atoms with Gasteiger partial charge in [-0.15, -0.1) is 0 Å². The van der Waals surface area contributed by atoms with Gasteiger partial charge in [-0.25, -0.2) is 8.42 Å². The predicted molar refractivity (Wildman–Crippen MR) is 66.7 cm³/mol. The zero-order valence-corrected chi connectivity index (χ0v) is 11.2. The first-order valence-corrected chi connectivity index (χ1v) is 8.06. The van der Waals surface area contributed by atoms with Crippen LogP contribution in [0.15, 0.2) is 0 Å². The topological polar surface area (TPSA) is 72.6 Å². The van der Waals surface area contributed by atoms with Crippen LogP contribution in [0.3, 0.4) is 0 Å². The molecule has 6 heteroatoms. The van der Waals surface area contributed by atoms with Gasteiger partial charge >= 0.3 is 0 Å². The number of hydrogen-bond donors (Lipinski definition) is 1. The zero-order chi connectivity index (χ0) is 12.5. The van der Waals surface area contributed by atoms with Crippen molar-refractivity contribution < 1.29 is 13.2 Å². The van der Waals surface area contributed by atoms with Gasteiger partial charge in [-0.2, -0.15) is 0 Å². The number of ether oxygens (including phenoxy) is 1. The summed E-state index contributed by atoms with van der Waals surface area (Å²) in [5.41, 5.74) is 5.81. The standard InChI is InChI=1S/C11H22N2O3S/c1-10-8-16-5-4-13(10)11(9-12)2-6-17(14,15)7-3-11/h10H,2-9,12H2,1H3. The summed E-state index contributed by atoms with van der Waals surface area (Å²) in [5.74, 6) is 0.544. The van der Waals surface area contributed by atoms with E-state index in [-0.39, 0.29) is 17.0 Å². The van der Waals surface area contributed by atoms with E-state index < -0.39 is 9.84 Å². The second kappa shape index (κ2) is 4.84. The van der Waals surface area contributed by atoms with Crippen LogP contribution >= 0.6 is 0 Å². The van der Waals surface area contributed by atoms with Crippen molar-refractivity contribution in [3.8, 4) is 0 Å². The molecule has 2 saturated heterocycles. The van der Waals surface area contributed by atoms with Crippen LogP contribution in [0.4, 0.5) is 0 Å². The Bertz CT molecular complexity index is 355. The van der Waals surface area contributed by atoms with Gasteiger partial charge in [0.2, 0.25) is 0 Å². The van der Waals surface area contributed by atoms with E-state index in [4.69, 9.17) is 10.5 Å². The number of hydrogen-bond acceptors (Lipinski definition) is 5. The maximum Gasteiger partial charge on any atom is 0.150 e. The third kappa shape index (κ3) is 2.65. The molecule has 0 aromatic heterocycles. The van der Waals surface area contributed by atoms with Gasteiger partial charge in [-0.05, 0) is 19.8 Å². The molecule has 0 aromatic carbocycles. The fraction of sp³-hybridized carbons (Fsp3) is 1.00. The van der Waals surface area contributed by atoms with E-state index in [2.05, 4.69) is 11.8 Å². The minimum absolute atomic E-state index is 0.130. The highest BCUT2D eigenvalue weighted by atomic mass is 32.2. The maximum atomic E-state index is 11.5. The Hall–Kier alpha value is -0.170. The van der Waals surface area contributed by atoms with E-state index in [1.165, 1.54) is 0 Å². The third-order valence-corrected chi connectivity index (χ3v) is 5.77. The molecule has 5 nitrogen and oxygen atoms in total. The molecule has 17 heavy (non-hydrogen) atoms. The molecule has 1 atom stereocenters. The van der Waals surface area contributed by atoms with Crippen molar-refractivity contribution in [1.29, 1.82) is 0 Å². The van der Waals surface area contributed by atoms with Crippen molar-refractivity contribution in [1.82, 2.24) is 4.90 Å². The summed E-state index contributed by atoms with van der Waals surface area (Å²) in [6.07, 6.45) is 1.33. The highest BCUT2D eigenvalue weighted by Crippen LogP contribution is 2.31. The molecule has 0 spiro atoms. The molecule has 2 N–H and O–H groups in total. The SMILES string of the molecule is CC1COCCN1C1(CN)CCS(=O)(=O)CC1. The van der Waals surface area contributed by atoms with Crippen LogP contribution in [0.1, 0.15) is 19.8 Å². The number of nitrogens with zero attached hydrogens (tertiary/aromatic N) is 1. The Morgan fingerprint density at radius 3 is 2.59 bits per heavy atom. The lowest BCUT2D eigenvalue weighted by Gasteiger charge is -2.50. The molecule has 2 aliphatic heterocycles. The fourth-order valence-electron chi connectivity index (χ4n) is 2.96. The fourth-order valence-corrected chi connectivity index (χ4v) is 4.54. The Morgan fingerprint density at radius 1 is 1.41 bits per heavy atom. The molecule has 100 valence electrons. The molecule has 2 aliphatic rings. The molecular weight excluding hydrogens is 240 g/mol. The number of nitrogens with two attached hydrogens (primary N) is 1. The van der Waals surface area contributed by atoms with Gasteiger partial charge in [0.25, 0.3) is 0 Å². The van der Waals surface area contributed by atoms with Gasteiger partial charge in [0.05, 0.1) is 24.7 Å². The summed E-state index contributed by atoms with van der Waals surface area (Å²) < 4.78 is 28.5. The highest BCUT2D eigenvalue weighted by Gasteiger charge is 2.43. The van der Waals surface area contributed by atoms with Crippen LogP contribution < -0.4 is 5.73 Å². The van der Waals surface area contributed by atoms with Gasteiger partial charge in [0.15, 0.2) is 0 Å². The molecule has 2 fully saturated rings. The lowest BCUT2D eigenvalue weighted by atomic mass is 9.88. The van der Waals surface area contributed by atoms with Crippen molar-refractivity contribution in [3.63, 3.8) is 0 Å². The van der Waals surface area contributed by atoms with Gasteiger partial charge < -0.3 is 10.5 Å². The minimum Gasteiger partial charge on any atom is -0.379 e. The molecule has 0 aromatic rings. The second-order valence-electron chi connectivity index (χ2n) is 5.20. The van der Waals surface area contributed by atoms with Gasteiger partial charge in [-0.3, -0.25) is 4.90 Å². The van der Waals surface area contributed by atoms with Crippen molar-refractivity contribution >= 4 is 9.84 Å². The van der Waals surface area contributed by atoms with Crippen molar-refractivity contribution in [2.45, 2.75) is 31.3 Å². The average Bonchev–Trinajstić information content (AvgIpc) is 2.31. The molecule has 0 bridgehead atoms. The summed E-state index contributed by atoms with van der Waals surface area (Å²) >= 11 is 0. The maximum absolute atomic E-state index is 11.5. The van der Waals surface area contributed by atoms with Crippen LogP contribution in [0.2, 0.25) is 0 Å². The summed E-state index contributed by atoms with van der Waals surface area (Å²) in [4.78, 5) is 2.37. The number of rotatable bonds is 2. The quantitative estimate of drug-likeness (QED) is 0.734. The molecule has 2 rings (SSSR count). The van der Waals surface area contributed by atoms with Gasteiger partial charge in [-0.1, -0.05) is 0 Å². The van der Waals surface area contributed by atoms with Crippen LogP contribution in [0, 0.1) is 0 Å². The molecule has 0 amide bonds. The zero-order valence-electron chi connectivity index (χ0n) is 10.4. The normalized spacial score (nSPS) is 33.4. The summed E-state index contributed by atoms with van der Waals surface area (Å²) in [6, 6.07) is 0.327. The lowest BCUT2D eigenvalue weighted by molar-refractivity contribution is -0.0599. The number of sulfone groups is 1. The lowest BCUT2D eigenvalue weighted by Crippen LogP contribution is -2.63. The van der Waals surface area contributed by atoms with E-state index in [1.54, 1.807) is 0 Å². The van der Waals surface area contributed by atoms with Crippen LogP contribution in [-0.2, 0) is 14.6 Å². The molecule has 0 saturated carbocycles. The van der Waals surface area contributed by atoms with Gasteiger partial charge in [0.1, 0.15) is 9.84 Å². The van der Waals surface area contributed by atoms with E-state index in [9.17, 15) is 8.42 Å². The summed E-state index contributed by atoms with van der Waals surface area (Å²) in [5, 5.41) is 0. The monoisotopic (exact) mass is 262 g/mol.